The fourth-order valence-electron chi connectivity index (χ4n) is 4.87. The van der Waals surface area contributed by atoms with Crippen molar-refractivity contribution in [3.8, 4) is 11.3 Å². The number of halogens is 1. The van der Waals surface area contributed by atoms with E-state index in [1.165, 1.54) is 31.4 Å². The van der Waals surface area contributed by atoms with Gasteiger partial charge in [-0.3, -0.25) is 9.59 Å². The van der Waals surface area contributed by atoms with Crippen LogP contribution in [0.4, 0.5) is 4.39 Å². The summed E-state index contributed by atoms with van der Waals surface area (Å²) in [4.78, 5) is 29.9. The molecule has 178 valence electrons. The third-order valence-electron chi connectivity index (χ3n) is 6.65. The number of hydrogen-bond acceptors (Lipinski definition) is 4. The van der Waals surface area contributed by atoms with E-state index in [2.05, 4.69) is 17.6 Å². The molecule has 1 saturated carbocycles. The van der Waals surface area contributed by atoms with Gasteiger partial charge in [-0.1, -0.05) is 37.5 Å². The first-order chi connectivity index (χ1) is 16.4. The lowest BCUT2D eigenvalue weighted by molar-refractivity contribution is -0.117. The summed E-state index contributed by atoms with van der Waals surface area (Å²) in [7, 11) is 0. The van der Waals surface area contributed by atoms with E-state index in [0.717, 1.165) is 18.2 Å². The lowest BCUT2D eigenvalue weighted by Crippen LogP contribution is -2.39. The first-order valence-corrected chi connectivity index (χ1v) is 11.9. The summed E-state index contributed by atoms with van der Waals surface area (Å²) in [6.07, 6.45) is 5.88. The van der Waals surface area contributed by atoms with Crippen molar-refractivity contribution in [2.45, 2.75) is 51.6 Å². The molecule has 2 amide bonds. The van der Waals surface area contributed by atoms with Gasteiger partial charge in [0.15, 0.2) is 0 Å². The van der Waals surface area contributed by atoms with Crippen LogP contribution in [0.25, 0.3) is 22.2 Å². The molecule has 4 rings (SSSR count). The highest BCUT2D eigenvalue weighted by molar-refractivity contribution is 6.09. The fraction of sp³-hybridized carbons (Fsp3) is 0.370. The number of nitrogens with two attached hydrogens (primary N) is 1. The van der Waals surface area contributed by atoms with Crippen LogP contribution in [0.5, 0.6) is 0 Å². The van der Waals surface area contributed by atoms with Gasteiger partial charge < -0.3 is 16.4 Å². The summed E-state index contributed by atoms with van der Waals surface area (Å²) in [5, 5.41) is 7.00. The Morgan fingerprint density at radius 2 is 1.79 bits per heavy atom. The summed E-state index contributed by atoms with van der Waals surface area (Å²) >= 11 is 0. The van der Waals surface area contributed by atoms with Crippen molar-refractivity contribution in [1.82, 2.24) is 15.6 Å². The Balaban J connectivity index is 1.80. The largest absolute Gasteiger partial charge is 0.369 e. The summed E-state index contributed by atoms with van der Waals surface area (Å²) in [6, 6.07) is 13.6. The molecule has 0 radical (unpaired) electrons. The average molecular weight is 463 g/mol. The van der Waals surface area contributed by atoms with E-state index >= 15 is 0 Å². The number of pyridine rings is 1. The second-order valence-corrected chi connectivity index (χ2v) is 9.07. The van der Waals surface area contributed by atoms with Gasteiger partial charge in [-0.05, 0) is 56.0 Å². The van der Waals surface area contributed by atoms with Crippen molar-refractivity contribution in [2.24, 2.45) is 11.7 Å². The molecule has 1 aromatic heterocycles. The second-order valence-electron chi connectivity index (χ2n) is 9.07. The van der Waals surface area contributed by atoms with E-state index < -0.39 is 5.91 Å². The van der Waals surface area contributed by atoms with Gasteiger partial charge in [0.1, 0.15) is 5.82 Å². The van der Waals surface area contributed by atoms with Gasteiger partial charge in [-0.25, -0.2) is 9.37 Å². The van der Waals surface area contributed by atoms with Crippen molar-refractivity contribution >= 4 is 22.7 Å². The number of nitrogens with zero attached hydrogens (tertiary/aromatic N) is 1. The number of hydrogen-bond donors (Lipinski definition) is 3. The van der Waals surface area contributed by atoms with E-state index in [0.29, 0.717) is 33.8 Å². The molecule has 3 aromatic rings. The van der Waals surface area contributed by atoms with Crippen LogP contribution in [-0.2, 0) is 11.3 Å². The summed E-state index contributed by atoms with van der Waals surface area (Å²) in [5.41, 5.74) is 8.44. The van der Waals surface area contributed by atoms with Crippen molar-refractivity contribution in [3.63, 3.8) is 0 Å². The van der Waals surface area contributed by atoms with Crippen molar-refractivity contribution in [2.75, 3.05) is 6.54 Å². The van der Waals surface area contributed by atoms with Gasteiger partial charge in [-0.2, -0.15) is 0 Å². The molecule has 0 bridgehead atoms. The van der Waals surface area contributed by atoms with E-state index in [1.54, 1.807) is 12.1 Å². The molecule has 1 fully saturated rings. The monoisotopic (exact) mass is 462 g/mol. The number of fused-ring (bicyclic) bond motifs is 1. The highest BCUT2D eigenvalue weighted by Crippen LogP contribution is 2.32. The molecular weight excluding hydrogens is 431 g/mol. The number of nitrogens with one attached hydrogen (secondary N) is 2. The van der Waals surface area contributed by atoms with Crippen LogP contribution in [-0.4, -0.2) is 29.4 Å². The molecule has 7 heteroatoms. The molecule has 2 aromatic carbocycles. The number of carbonyl (C=O) groups excluding carboxylic acids is 2. The Kier molecular flexibility index (Phi) is 7.53. The van der Waals surface area contributed by atoms with Crippen LogP contribution in [0.2, 0.25) is 0 Å². The van der Waals surface area contributed by atoms with Gasteiger partial charge in [0, 0.05) is 29.1 Å². The maximum absolute atomic E-state index is 13.7. The topological polar surface area (TPSA) is 97.1 Å². The molecule has 6 nitrogen and oxygen atoms in total. The van der Waals surface area contributed by atoms with E-state index in [-0.39, 0.29) is 30.9 Å². The molecule has 1 aliphatic rings. The average Bonchev–Trinajstić information content (AvgIpc) is 2.84. The quantitative estimate of drug-likeness (QED) is 0.465. The normalized spacial score (nSPS) is 15.2. The third kappa shape index (κ3) is 5.42. The van der Waals surface area contributed by atoms with Gasteiger partial charge in [0.2, 0.25) is 5.91 Å². The minimum absolute atomic E-state index is 0.0325. The first-order valence-electron chi connectivity index (χ1n) is 11.9. The molecule has 4 N–H and O–H groups in total. The first kappa shape index (κ1) is 23.8. The molecule has 0 aliphatic heterocycles. The lowest BCUT2D eigenvalue weighted by atomic mass is 9.84. The number of rotatable bonds is 8. The zero-order valence-electron chi connectivity index (χ0n) is 19.4. The molecule has 0 spiro atoms. The highest BCUT2D eigenvalue weighted by Gasteiger charge is 2.26. The highest BCUT2D eigenvalue weighted by atomic mass is 19.1. The molecule has 1 atom stereocenters. The predicted molar refractivity (Wildman–Crippen MR) is 132 cm³/mol. The maximum Gasteiger partial charge on any atom is 0.252 e. The van der Waals surface area contributed by atoms with Gasteiger partial charge in [0.05, 0.1) is 23.3 Å². The van der Waals surface area contributed by atoms with Gasteiger partial charge >= 0.3 is 0 Å². The summed E-state index contributed by atoms with van der Waals surface area (Å²) < 4.78 is 13.6. The van der Waals surface area contributed by atoms with E-state index in [1.807, 2.05) is 24.3 Å². The maximum atomic E-state index is 13.7. The Morgan fingerprint density at radius 3 is 2.50 bits per heavy atom. The van der Waals surface area contributed by atoms with Crippen LogP contribution in [0.3, 0.4) is 0 Å². The van der Waals surface area contributed by atoms with Crippen molar-refractivity contribution in [3.05, 3.63) is 65.5 Å². The Labute approximate surface area is 199 Å². The number of amides is 2. The van der Waals surface area contributed by atoms with E-state index in [4.69, 9.17) is 10.7 Å². The zero-order chi connectivity index (χ0) is 24.1. The number of aromatic nitrogens is 1. The standard InChI is InChI=1S/C27H31FN4O2/c1-17(18-7-3-2-4-8-18)31-27(34)25-21-9-5-6-10-23(21)32-26(19-11-13-20(28)14-12-19)22(25)15-30-16-24(29)33/h5-6,9-14,17-18,30H,2-4,7-8,15-16H2,1H3,(H2,29,33)(H,31,34)/t17-/m0/s1. The van der Waals surface area contributed by atoms with Gasteiger partial charge in [0.25, 0.3) is 5.91 Å². The smallest absolute Gasteiger partial charge is 0.252 e. The summed E-state index contributed by atoms with van der Waals surface area (Å²) in [5.74, 6) is -0.555. The van der Waals surface area contributed by atoms with Crippen LogP contribution >= 0.6 is 0 Å². The Hall–Kier alpha value is -3.32. The lowest BCUT2D eigenvalue weighted by Gasteiger charge is -2.29. The number of carbonyl (C=O) groups is 2. The van der Waals surface area contributed by atoms with Crippen LogP contribution < -0.4 is 16.4 Å². The number of para-hydroxylation sites is 1. The van der Waals surface area contributed by atoms with Crippen LogP contribution in [0.15, 0.2) is 48.5 Å². The predicted octanol–water partition coefficient (Wildman–Crippen LogP) is 4.31. The molecule has 1 aliphatic carbocycles. The molecule has 0 unspecified atom stereocenters. The summed E-state index contributed by atoms with van der Waals surface area (Å²) in [6.45, 7) is 2.26. The second kappa shape index (κ2) is 10.7. The van der Waals surface area contributed by atoms with Crippen LogP contribution in [0, 0.1) is 11.7 Å². The fourth-order valence-corrected chi connectivity index (χ4v) is 4.87. The molecule has 34 heavy (non-hydrogen) atoms. The minimum atomic E-state index is -0.492. The molecular formula is C27H31FN4O2. The van der Waals surface area contributed by atoms with Crippen molar-refractivity contribution < 1.29 is 14.0 Å². The van der Waals surface area contributed by atoms with Crippen molar-refractivity contribution in [1.29, 1.82) is 0 Å². The van der Waals surface area contributed by atoms with E-state index in [9.17, 15) is 14.0 Å². The Morgan fingerprint density at radius 1 is 1.09 bits per heavy atom. The minimum Gasteiger partial charge on any atom is -0.369 e. The SMILES string of the molecule is C[C@H](NC(=O)c1c(CNCC(N)=O)c(-c2ccc(F)cc2)nc2ccccc12)C1CCCCC1. The van der Waals surface area contributed by atoms with Gasteiger partial charge in [-0.15, -0.1) is 0 Å². The third-order valence-corrected chi connectivity index (χ3v) is 6.65. The number of primary amides is 1. The molecule has 1 heterocycles. The zero-order valence-corrected chi connectivity index (χ0v) is 19.4. The van der Waals surface area contributed by atoms with Crippen LogP contribution in [0.1, 0.15) is 54.9 Å². The Bertz CT molecular complexity index is 1170. The number of benzene rings is 2. The molecule has 0 saturated heterocycles.